The molecular weight excluding hydrogens is 367 g/mol. The molecule has 0 fully saturated rings. The summed E-state index contributed by atoms with van der Waals surface area (Å²) in [6, 6.07) is 4.06. The fourth-order valence-electron chi connectivity index (χ4n) is 1.60. The third-order valence-corrected chi connectivity index (χ3v) is 5.82. The van der Waals surface area contributed by atoms with Crippen LogP contribution in [0.25, 0.3) is 0 Å². The van der Waals surface area contributed by atoms with E-state index in [0.29, 0.717) is 0 Å². The molecule has 4 nitrogen and oxygen atoms in total. The largest absolute Gasteiger partial charge is 0.398 e. The highest BCUT2D eigenvalue weighted by molar-refractivity contribution is 9.10. The van der Waals surface area contributed by atoms with Gasteiger partial charge in [-0.3, -0.25) is 0 Å². The van der Waals surface area contributed by atoms with Gasteiger partial charge in [0.15, 0.2) is 0 Å². The molecule has 0 amide bonds. The molecule has 108 valence electrons. The number of thiophene rings is 1. The van der Waals surface area contributed by atoms with E-state index in [9.17, 15) is 12.8 Å². The van der Waals surface area contributed by atoms with Gasteiger partial charge in [0.25, 0.3) is 0 Å². The number of hydrogen-bond acceptors (Lipinski definition) is 4. The fraction of sp³-hybridized carbons (Fsp3) is 0.167. The first-order chi connectivity index (χ1) is 9.31. The standard InChI is InChI=1S/C12H12BrFN2O2S2/c1-7-2-3-19-11(7)6-16-20(17,18)12-4-8(13)9(14)5-10(12)15/h2-5,16H,6,15H2,1H3. The number of nitrogens with one attached hydrogen (secondary N) is 1. The second-order valence-electron chi connectivity index (χ2n) is 4.16. The predicted molar refractivity (Wildman–Crippen MR) is 81.6 cm³/mol. The molecule has 3 N–H and O–H groups in total. The van der Waals surface area contributed by atoms with Crippen LogP contribution in [0.1, 0.15) is 10.4 Å². The van der Waals surface area contributed by atoms with E-state index in [4.69, 9.17) is 5.73 Å². The van der Waals surface area contributed by atoms with Crippen LogP contribution in [-0.2, 0) is 16.6 Å². The summed E-state index contributed by atoms with van der Waals surface area (Å²) >= 11 is 4.42. The van der Waals surface area contributed by atoms with Gasteiger partial charge in [-0.15, -0.1) is 11.3 Å². The highest BCUT2D eigenvalue weighted by Crippen LogP contribution is 2.26. The van der Waals surface area contributed by atoms with Gasteiger partial charge >= 0.3 is 0 Å². The zero-order valence-corrected chi connectivity index (χ0v) is 13.7. The lowest BCUT2D eigenvalue weighted by Crippen LogP contribution is -2.24. The van der Waals surface area contributed by atoms with Crippen molar-refractivity contribution < 1.29 is 12.8 Å². The van der Waals surface area contributed by atoms with Crippen molar-refractivity contribution in [3.8, 4) is 0 Å². The number of sulfonamides is 1. The Hall–Kier alpha value is -0.960. The molecule has 0 aliphatic carbocycles. The number of halogens is 2. The molecule has 0 saturated carbocycles. The second kappa shape index (κ2) is 5.80. The van der Waals surface area contributed by atoms with E-state index in [1.807, 2.05) is 18.4 Å². The first-order valence-electron chi connectivity index (χ1n) is 5.58. The zero-order chi connectivity index (χ0) is 14.9. The van der Waals surface area contributed by atoms with Gasteiger partial charge in [0, 0.05) is 11.4 Å². The molecule has 0 radical (unpaired) electrons. The quantitative estimate of drug-likeness (QED) is 0.803. The Morgan fingerprint density at radius 2 is 2.15 bits per heavy atom. The van der Waals surface area contributed by atoms with E-state index in [-0.39, 0.29) is 21.6 Å². The van der Waals surface area contributed by atoms with Crippen molar-refractivity contribution in [2.75, 3.05) is 5.73 Å². The highest BCUT2D eigenvalue weighted by atomic mass is 79.9. The molecule has 0 atom stereocenters. The highest BCUT2D eigenvalue weighted by Gasteiger charge is 2.20. The molecule has 2 rings (SSSR count). The summed E-state index contributed by atoms with van der Waals surface area (Å²) < 4.78 is 40.2. The molecule has 0 aliphatic heterocycles. The summed E-state index contributed by atoms with van der Waals surface area (Å²) in [7, 11) is -3.79. The van der Waals surface area contributed by atoms with Crippen molar-refractivity contribution in [1.82, 2.24) is 4.72 Å². The van der Waals surface area contributed by atoms with Gasteiger partial charge in [0.2, 0.25) is 10.0 Å². The van der Waals surface area contributed by atoms with E-state index in [1.54, 1.807) is 0 Å². The van der Waals surface area contributed by atoms with E-state index < -0.39 is 15.8 Å². The molecule has 0 unspecified atom stereocenters. The van der Waals surface area contributed by atoms with Crippen LogP contribution in [-0.4, -0.2) is 8.42 Å². The molecule has 2 aromatic rings. The number of aryl methyl sites for hydroxylation is 1. The van der Waals surface area contributed by atoms with Crippen LogP contribution in [0.3, 0.4) is 0 Å². The minimum absolute atomic E-state index is 0.0550. The molecule has 8 heteroatoms. The number of hydrogen-bond donors (Lipinski definition) is 2. The minimum atomic E-state index is -3.79. The minimum Gasteiger partial charge on any atom is -0.398 e. The molecule has 1 aromatic heterocycles. The van der Waals surface area contributed by atoms with E-state index in [1.165, 1.54) is 11.3 Å². The number of nitrogens with two attached hydrogens (primary N) is 1. The maximum Gasteiger partial charge on any atom is 0.242 e. The lowest BCUT2D eigenvalue weighted by Gasteiger charge is -2.10. The number of anilines is 1. The molecule has 1 aromatic carbocycles. The van der Waals surface area contributed by atoms with Gasteiger partial charge in [-0.2, -0.15) is 0 Å². The monoisotopic (exact) mass is 378 g/mol. The average molecular weight is 379 g/mol. The van der Waals surface area contributed by atoms with Crippen molar-refractivity contribution in [3.63, 3.8) is 0 Å². The van der Waals surface area contributed by atoms with Crippen LogP contribution < -0.4 is 10.5 Å². The van der Waals surface area contributed by atoms with E-state index in [2.05, 4.69) is 20.7 Å². The first-order valence-corrected chi connectivity index (χ1v) is 8.74. The Kier molecular flexibility index (Phi) is 4.48. The summed E-state index contributed by atoms with van der Waals surface area (Å²) in [5.41, 5.74) is 6.47. The average Bonchev–Trinajstić information content (AvgIpc) is 2.77. The summed E-state index contributed by atoms with van der Waals surface area (Å²) in [5.74, 6) is -0.601. The first kappa shape index (κ1) is 15.4. The third-order valence-electron chi connectivity index (χ3n) is 2.73. The molecule has 1 heterocycles. The van der Waals surface area contributed by atoms with Crippen LogP contribution in [0.5, 0.6) is 0 Å². The molecule has 0 saturated heterocycles. The van der Waals surface area contributed by atoms with Gasteiger partial charge in [-0.05, 0) is 52.0 Å². The zero-order valence-electron chi connectivity index (χ0n) is 10.5. The maximum atomic E-state index is 13.3. The SMILES string of the molecule is Cc1ccsc1CNS(=O)(=O)c1cc(Br)c(F)cc1N. The Bertz CT molecular complexity index is 744. The van der Waals surface area contributed by atoms with Crippen LogP contribution in [0.15, 0.2) is 32.9 Å². The van der Waals surface area contributed by atoms with Crippen molar-refractivity contribution in [3.05, 3.63) is 44.3 Å². The van der Waals surface area contributed by atoms with Gasteiger partial charge in [-0.25, -0.2) is 17.5 Å². The summed E-state index contributed by atoms with van der Waals surface area (Å²) in [6.45, 7) is 2.09. The Morgan fingerprint density at radius 1 is 1.45 bits per heavy atom. The van der Waals surface area contributed by atoms with Crippen LogP contribution >= 0.6 is 27.3 Å². The lowest BCUT2D eigenvalue weighted by molar-refractivity contribution is 0.581. The second-order valence-corrected chi connectivity index (χ2v) is 7.75. The van der Waals surface area contributed by atoms with Gasteiger partial charge in [0.05, 0.1) is 10.2 Å². The molecular formula is C12H12BrFN2O2S2. The number of benzene rings is 1. The van der Waals surface area contributed by atoms with E-state index >= 15 is 0 Å². The van der Waals surface area contributed by atoms with Crippen molar-refractivity contribution in [1.29, 1.82) is 0 Å². The maximum absolute atomic E-state index is 13.3. The van der Waals surface area contributed by atoms with E-state index in [0.717, 1.165) is 22.6 Å². The summed E-state index contributed by atoms with van der Waals surface area (Å²) in [6.07, 6.45) is 0. The molecule has 0 spiro atoms. The molecule has 20 heavy (non-hydrogen) atoms. The summed E-state index contributed by atoms with van der Waals surface area (Å²) in [5, 5.41) is 1.89. The Labute approximate surface area is 129 Å². The predicted octanol–water partition coefficient (Wildman–Crippen LogP) is 3.02. The van der Waals surface area contributed by atoms with Crippen molar-refractivity contribution in [2.24, 2.45) is 0 Å². The Morgan fingerprint density at radius 3 is 2.75 bits per heavy atom. The number of nitrogen functional groups attached to an aromatic ring is 1. The van der Waals surface area contributed by atoms with Crippen LogP contribution in [0, 0.1) is 12.7 Å². The summed E-state index contributed by atoms with van der Waals surface area (Å²) in [4.78, 5) is 0.785. The smallest absolute Gasteiger partial charge is 0.242 e. The van der Waals surface area contributed by atoms with Crippen LogP contribution in [0.2, 0.25) is 0 Å². The topological polar surface area (TPSA) is 72.2 Å². The Balaban J connectivity index is 2.27. The van der Waals surface area contributed by atoms with Gasteiger partial charge < -0.3 is 5.73 Å². The van der Waals surface area contributed by atoms with Gasteiger partial charge in [-0.1, -0.05) is 0 Å². The number of rotatable bonds is 4. The van der Waals surface area contributed by atoms with Crippen molar-refractivity contribution in [2.45, 2.75) is 18.4 Å². The normalized spacial score (nSPS) is 11.8. The lowest BCUT2D eigenvalue weighted by atomic mass is 10.3. The molecule has 0 bridgehead atoms. The van der Waals surface area contributed by atoms with Crippen molar-refractivity contribution >= 4 is 43.0 Å². The van der Waals surface area contributed by atoms with Gasteiger partial charge in [0.1, 0.15) is 10.7 Å². The third kappa shape index (κ3) is 3.20. The fourth-order valence-corrected chi connectivity index (χ4v) is 4.16. The van der Waals surface area contributed by atoms with Crippen LogP contribution in [0.4, 0.5) is 10.1 Å². The molecule has 0 aliphatic rings.